The Hall–Kier alpha value is -1.89. The summed E-state index contributed by atoms with van der Waals surface area (Å²) in [7, 11) is 0. The van der Waals surface area contributed by atoms with E-state index in [9.17, 15) is 4.79 Å². The van der Waals surface area contributed by atoms with E-state index in [0.29, 0.717) is 11.3 Å². The van der Waals surface area contributed by atoms with Gasteiger partial charge in [0.15, 0.2) is 0 Å². The van der Waals surface area contributed by atoms with E-state index in [1.165, 1.54) is 12.3 Å². The van der Waals surface area contributed by atoms with Crippen molar-refractivity contribution in [3.05, 3.63) is 29.6 Å². The van der Waals surface area contributed by atoms with E-state index >= 15 is 0 Å². The normalized spacial score (nSPS) is 9.57. The molecular formula is C10H11N3O. The van der Waals surface area contributed by atoms with Gasteiger partial charge in [0.25, 0.3) is 5.91 Å². The first-order valence-electron chi connectivity index (χ1n) is 4.30. The van der Waals surface area contributed by atoms with Gasteiger partial charge in [-0.1, -0.05) is 0 Å². The third-order valence-electron chi connectivity index (χ3n) is 1.54. The van der Waals surface area contributed by atoms with Gasteiger partial charge in [0.1, 0.15) is 11.8 Å². The number of nitrogens with zero attached hydrogens (tertiary/aromatic N) is 2. The Morgan fingerprint density at radius 1 is 1.57 bits per heavy atom. The molecule has 0 atom stereocenters. The number of nitriles is 1. The Bertz CT molecular complexity index is 362. The van der Waals surface area contributed by atoms with Gasteiger partial charge >= 0.3 is 0 Å². The summed E-state index contributed by atoms with van der Waals surface area (Å²) in [5, 5.41) is 11.2. The predicted molar refractivity (Wildman–Crippen MR) is 51.6 cm³/mol. The van der Waals surface area contributed by atoms with Gasteiger partial charge in [-0.2, -0.15) is 5.26 Å². The fourth-order valence-corrected chi connectivity index (χ4v) is 0.930. The van der Waals surface area contributed by atoms with Crippen LogP contribution in [0.4, 0.5) is 0 Å². The van der Waals surface area contributed by atoms with Gasteiger partial charge in [-0.3, -0.25) is 4.79 Å². The average Bonchev–Trinajstić information content (AvgIpc) is 2.17. The third-order valence-corrected chi connectivity index (χ3v) is 1.54. The van der Waals surface area contributed by atoms with Gasteiger partial charge in [0.05, 0.1) is 5.56 Å². The molecule has 0 radical (unpaired) electrons. The molecule has 0 saturated heterocycles. The Labute approximate surface area is 82.6 Å². The van der Waals surface area contributed by atoms with Crippen LogP contribution in [-0.4, -0.2) is 16.9 Å². The minimum atomic E-state index is -0.218. The largest absolute Gasteiger partial charge is 0.349 e. The average molecular weight is 189 g/mol. The van der Waals surface area contributed by atoms with Crippen molar-refractivity contribution < 1.29 is 4.79 Å². The Balaban J connectivity index is 2.78. The molecule has 1 aromatic rings. The first-order chi connectivity index (χ1) is 6.63. The second-order valence-electron chi connectivity index (χ2n) is 3.17. The molecule has 0 aliphatic rings. The summed E-state index contributed by atoms with van der Waals surface area (Å²) in [6.45, 7) is 3.75. The van der Waals surface area contributed by atoms with E-state index in [0.717, 1.165) is 0 Å². The summed E-state index contributed by atoms with van der Waals surface area (Å²) in [5.74, 6) is -0.218. The van der Waals surface area contributed by atoms with Gasteiger partial charge in [0, 0.05) is 12.2 Å². The van der Waals surface area contributed by atoms with Crippen LogP contribution in [0.2, 0.25) is 0 Å². The molecule has 1 aromatic heterocycles. The lowest BCUT2D eigenvalue weighted by molar-refractivity contribution is 0.0938. The summed E-state index contributed by atoms with van der Waals surface area (Å²) in [6.07, 6.45) is 1.38. The molecule has 1 N–H and O–H groups in total. The number of hydrogen-bond donors (Lipinski definition) is 1. The highest BCUT2D eigenvalue weighted by Crippen LogP contribution is 1.98. The van der Waals surface area contributed by atoms with Gasteiger partial charge in [-0.15, -0.1) is 0 Å². The van der Waals surface area contributed by atoms with E-state index in [2.05, 4.69) is 10.3 Å². The standard InChI is InChI=1S/C10H11N3O/c1-7(2)13-10(14)9-4-3-8(5-11)6-12-9/h3-4,6-7H,1-2H3,(H,13,14). The van der Waals surface area contributed by atoms with Crippen LogP contribution in [0.1, 0.15) is 29.9 Å². The minimum absolute atomic E-state index is 0.0833. The first-order valence-corrected chi connectivity index (χ1v) is 4.30. The van der Waals surface area contributed by atoms with Crippen molar-refractivity contribution in [2.75, 3.05) is 0 Å². The Morgan fingerprint density at radius 2 is 2.29 bits per heavy atom. The van der Waals surface area contributed by atoms with Gasteiger partial charge in [-0.05, 0) is 26.0 Å². The molecule has 1 heterocycles. The van der Waals surface area contributed by atoms with Crippen LogP contribution in [0.15, 0.2) is 18.3 Å². The number of pyridine rings is 1. The van der Waals surface area contributed by atoms with Crippen LogP contribution >= 0.6 is 0 Å². The van der Waals surface area contributed by atoms with Crippen molar-refractivity contribution in [2.24, 2.45) is 0 Å². The molecule has 1 amide bonds. The van der Waals surface area contributed by atoms with Gasteiger partial charge < -0.3 is 5.32 Å². The number of amides is 1. The molecule has 0 bridgehead atoms. The zero-order valence-corrected chi connectivity index (χ0v) is 8.11. The number of rotatable bonds is 2. The minimum Gasteiger partial charge on any atom is -0.349 e. The quantitative estimate of drug-likeness (QED) is 0.757. The maximum absolute atomic E-state index is 11.4. The molecule has 14 heavy (non-hydrogen) atoms. The van der Waals surface area contributed by atoms with Gasteiger partial charge in [0.2, 0.25) is 0 Å². The summed E-state index contributed by atoms with van der Waals surface area (Å²) in [6, 6.07) is 5.13. The zero-order chi connectivity index (χ0) is 10.6. The molecule has 1 rings (SSSR count). The summed E-state index contributed by atoms with van der Waals surface area (Å²) >= 11 is 0. The van der Waals surface area contributed by atoms with E-state index in [4.69, 9.17) is 5.26 Å². The molecule has 4 nitrogen and oxygen atoms in total. The zero-order valence-electron chi connectivity index (χ0n) is 8.11. The van der Waals surface area contributed by atoms with Crippen LogP contribution in [-0.2, 0) is 0 Å². The van der Waals surface area contributed by atoms with Crippen LogP contribution in [0.3, 0.4) is 0 Å². The summed E-state index contributed by atoms with van der Waals surface area (Å²) in [4.78, 5) is 15.3. The van der Waals surface area contributed by atoms with Crippen LogP contribution < -0.4 is 5.32 Å². The van der Waals surface area contributed by atoms with E-state index < -0.39 is 0 Å². The Morgan fingerprint density at radius 3 is 2.71 bits per heavy atom. The van der Waals surface area contributed by atoms with E-state index in [1.807, 2.05) is 19.9 Å². The highest BCUT2D eigenvalue weighted by molar-refractivity contribution is 5.92. The summed E-state index contributed by atoms with van der Waals surface area (Å²) < 4.78 is 0. The monoisotopic (exact) mass is 189 g/mol. The molecule has 0 aliphatic heterocycles. The molecule has 0 aliphatic carbocycles. The fourth-order valence-electron chi connectivity index (χ4n) is 0.930. The molecular weight excluding hydrogens is 178 g/mol. The SMILES string of the molecule is CC(C)NC(=O)c1ccc(C#N)cn1. The van der Waals surface area contributed by atoms with Crippen molar-refractivity contribution in [1.29, 1.82) is 5.26 Å². The lowest BCUT2D eigenvalue weighted by atomic mass is 10.2. The molecule has 4 heteroatoms. The van der Waals surface area contributed by atoms with Crippen molar-refractivity contribution >= 4 is 5.91 Å². The van der Waals surface area contributed by atoms with Crippen LogP contribution in [0.5, 0.6) is 0 Å². The second kappa shape index (κ2) is 4.38. The van der Waals surface area contributed by atoms with E-state index in [-0.39, 0.29) is 11.9 Å². The maximum Gasteiger partial charge on any atom is 0.270 e. The van der Waals surface area contributed by atoms with Crippen molar-refractivity contribution in [3.8, 4) is 6.07 Å². The van der Waals surface area contributed by atoms with E-state index in [1.54, 1.807) is 6.07 Å². The first kappa shape index (κ1) is 10.2. The van der Waals surface area contributed by atoms with Gasteiger partial charge in [-0.25, -0.2) is 4.98 Å². The smallest absolute Gasteiger partial charge is 0.270 e. The fraction of sp³-hybridized carbons (Fsp3) is 0.300. The highest BCUT2D eigenvalue weighted by atomic mass is 16.1. The topological polar surface area (TPSA) is 65.8 Å². The van der Waals surface area contributed by atoms with Crippen molar-refractivity contribution in [1.82, 2.24) is 10.3 Å². The number of aromatic nitrogens is 1. The van der Waals surface area contributed by atoms with Crippen LogP contribution in [0.25, 0.3) is 0 Å². The lowest BCUT2D eigenvalue weighted by Crippen LogP contribution is -2.30. The molecule has 0 aromatic carbocycles. The molecule has 0 fully saturated rings. The maximum atomic E-state index is 11.4. The molecule has 0 saturated carbocycles. The predicted octanol–water partition coefficient (Wildman–Crippen LogP) is 1.09. The lowest BCUT2D eigenvalue weighted by Gasteiger charge is -2.06. The molecule has 0 unspecified atom stereocenters. The number of carbonyl (C=O) groups is 1. The number of hydrogen-bond acceptors (Lipinski definition) is 3. The second-order valence-corrected chi connectivity index (χ2v) is 3.17. The third kappa shape index (κ3) is 2.56. The van der Waals surface area contributed by atoms with Crippen LogP contribution in [0, 0.1) is 11.3 Å². The van der Waals surface area contributed by atoms with Crippen molar-refractivity contribution in [2.45, 2.75) is 19.9 Å². The number of carbonyl (C=O) groups excluding carboxylic acids is 1. The Kier molecular flexibility index (Phi) is 3.19. The highest BCUT2D eigenvalue weighted by Gasteiger charge is 2.07. The van der Waals surface area contributed by atoms with Crippen molar-refractivity contribution in [3.63, 3.8) is 0 Å². The summed E-state index contributed by atoms with van der Waals surface area (Å²) in [5.41, 5.74) is 0.781. The molecule has 72 valence electrons. The number of nitrogens with one attached hydrogen (secondary N) is 1. The molecule has 0 spiro atoms.